The molecule has 1 aliphatic rings. The molecule has 0 saturated heterocycles. The number of fused-ring (bicyclic) bond motifs is 1. The number of para-hydroxylation sites is 2. The van der Waals surface area contributed by atoms with Crippen LogP contribution < -0.4 is 5.32 Å². The van der Waals surface area contributed by atoms with E-state index in [0.29, 0.717) is 0 Å². The van der Waals surface area contributed by atoms with E-state index in [2.05, 4.69) is 15.3 Å². The van der Waals surface area contributed by atoms with Gasteiger partial charge in [-0.2, -0.15) is 0 Å². The summed E-state index contributed by atoms with van der Waals surface area (Å²) < 4.78 is 0. The first-order valence-electron chi connectivity index (χ1n) is 7.61. The zero-order valence-electron chi connectivity index (χ0n) is 12.1. The normalized spacial score (nSPS) is 15.6. The molecule has 0 bridgehead atoms. The minimum absolute atomic E-state index is 0.120. The maximum atomic E-state index is 12.2. The van der Waals surface area contributed by atoms with Crippen LogP contribution >= 0.6 is 0 Å². The van der Waals surface area contributed by atoms with Crippen LogP contribution in [-0.4, -0.2) is 15.9 Å². The third-order valence-electron chi connectivity index (χ3n) is 4.05. The fourth-order valence-corrected chi connectivity index (χ4v) is 2.67. The molecule has 0 aliphatic heterocycles. The van der Waals surface area contributed by atoms with Gasteiger partial charge in [0.05, 0.1) is 11.0 Å². The summed E-state index contributed by atoms with van der Waals surface area (Å²) in [5.74, 6) is 1.08. The van der Waals surface area contributed by atoms with Crippen molar-refractivity contribution in [3.05, 3.63) is 66.0 Å². The number of imidazole rings is 1. The number of benzene rings is 2. The van der Waals surface area contributed by atoms with Crippen LogP contribution in [0.4, 0.5) is 0 Å². The molecule has 4 heteroatoms. The molecule has 2 N–H and O–H groups in total. The molecule has 4 rings (SSSR count). The second kappa shape index (κ2) is 5.30. The van der Waals surface area contributed by atoms with Crippen molar-refractivity contribution < 1.29 is 4.79 Å². The van der Waals surface area contributed by atoms with Gasteiger partial charge in [0.25, 0.3) is 0 Å². The van der Waals surface area contributed by atoms with Crippen molar-refractivity contribution in [2.45, 2.75) is 18.9 Å². The third kappa shape index (κ3) is 2.48. The van der Waals surface area contributed by atoms with Gasteiger partial charge in [-0.1, -0.05) is 42.5 Å². The summed E-state index contributed by atoms with van der Waals surface area (Å²) in [4.78, 5) is 20.2. The number of hydrogen-bond acceptors (Lipinski definition) is 2. The third-order valence-corrected chi connectivity index (χ3v) is 4.05. The van der Waals surface area contributed by atoms with E-state index in [4.69, 9.17) is 0 Å². The van der Waals surface area contributed by atoms with Crippen LogP contribution in [0.25, 0.3) is 11.0 Å². The van der Waals surface area contributed by atoms with Gasteiger partial charge in [0.2, 0.25) is 5.91 Å². The summed E-state index contributed by atoms with van der Waals surface area (Å²) in [5, 5.41) is 3.14. The lowest BCUT2D eigenvalue weighted by atomic mass is 10.1. The highest BCUT2D eigenvalue weighted by Crippen LogP contribution is 2.31. The average Bonchev–Trinajstić information content (AvgIpc) is 3.32. The summed E-state index contributed by atoms with van der Waals surface area (Å²) in [6, 6.07) is 17.6. The van der Waals surface area contributed by atoms with Crippen LogP contribution in [0.3, 0.4) is 0 Å². The molecule has 1 aromatic heterocycles. The number of aromatic nitrogens is 2. The maximum Gasteiger partial charge on any atom is 0.223 e. The lowest BCUT2D eigenvalue weighted by Crippen LogP contribution is -2.31. The highest BCUT2D eigenvalue weighted by molar-refractivity contribution is 5.82. The minimum atomic E-state index is -0.235. The summed E-state index contributed by atoms with van der Waals surface area (Å²) in [6.07, 6.45) is 1.99. The van der Waals surface area contributed by atoms with E-state index >= 15 is 0 Å². The Balaban J connectivity index is 1.73. The number of rotatable bonds is 4. The van der Waals surface area contributed by atoms with Crippen LogP contribution in [0.1, 0.15) is 30.3 Å². The lowest BCUT2D eigenvalue weighted by Gasteiger charge is -2.17. The van der Waals surface area contributed by atoms with Crippen molar-refractivity contribution in [1.82, 2.24) is 15.3 Å². The molecule has 0 radical (unpaired) electrons. The molecule has 1 aliphatic carbocycles. The summed E-state index contributed by atoms with van der Waals surface area (Å²) >= 11 is 0. The van der Waals surface area contributed by atoms with Crippen molar-refractivity contribution in [1.29, 1.82) is 0 Å². The van der Waals surface area contributed by atoms with Crippen molar-refractivity contribution >= 4 is 16.9 Å². The van der Waals surface area contributed by atoms with Gasteiger partial charge in [0.1, 0.15) is 11.9 Å². The van der Waals surface area contributed by atoms with E-state index in [1.54, 1.807) is 0 Å². The van der Waals surface area contributed by atoms with Crippen molar-refractivity contribution in [3.63, 3.8) is 0 Å². The Bertz CT molecular complexity index is 772. The van der Waals surface area contributed by atoms with Crippen LogP contribution in [0.5, 0.6) is 0 Å². The molecular formula is C18H17N3O. The second-order valence-corrected chi connectivity index (χ2v) is 5.77. The highest BCUT2D eigenvalue weighted by Gasteiger charge is 2.32. The first-order valence-corrected chi connectivity index (χ1v) is 7.61. The van der Waals surface area contributed by atoms with E-state index in [0.717, 1.165) is 35.3 Å². The minimum Gasteiger partial charge on any atom is -0.342 e. The van der Waals surface area contributed by atoms with E-state index in [9.17, 15) is 4.79 Å². The largest absolute Gasteiger partial charge is 0.342 e. The standard InChI is InChI=1S/C18H17N3O/c22-18(13-10-11-13)21-16(12-6-2-1-3-7-12)17-19-14-8-4-5-9-15(14)20-17/h1-9,13,16H,10-11H2,(H,19,20)(H,21,22). The van der Waals surface area contributed by atoms with Gasteiger partial charge in [-0.05, 0) is 30.5 Å². The number of carbonyl (C=O) groups excluding carboxylic acids is 1. The molecule has 2 aromatic carbocycles. The van der Waals surface area contributed by atoms with Crippen LogP contribution in [0, 0.1) is 5.92 Å². The summed E-state index contributed by atoms with van der Waals surface area (Å²) in [5.41, 5.74) is 2.94. The average molecular weight is 291 g/mol. The number of hydrogen-bond donors (Lipinski definition) is 2. The predicted octanol–water partition coefficient (Wildman–Crippen LogP) is 3.18. The van der Waals surface area contributed by atoms with E-state index in [1.807, 2.05) is 54.6 Å². The number of nitrogens with zero attached hydrogens (tertiary/aromatic N) is 1. The molecule has 1 atom stereocenters. The predicted molar refractivity (Wildman–Crippen MR) is 85.2 cm³/mol. The zero-order valence-corrected chi connectivity index (χ0v) is 12.1. The van der Waals surface area contributed by atoms with Gasteiger partial charge in [0.15, 0.2) is 0 Å². The van der Waals surface area contributed by atoms with Gasteiger partial charge in [0, 0.05) is 5.92 Å². The monoisotopic (exact) mass is 291 g/mol. The fourth-order valence-electron chi connectivity index (χ4n) is 2.67. The Morgan fingerprint density at radius 1 is 1.09 bits per heavy atom. The number of amides is 1. The smallest absolute Gasteiger partial charge is 0.223 e. The number of H-pyrrole nitrogens is 1. The molecule has 1 heterocycles. The van der Waals surface area contributed by atoms with Crippen molar-refractivity contribution in [2.75, 3.05) is 0 Å². The number of aromatic amines is 1. The van der Waals surface area contributed by atoms with Crippen LogP contribution in [-0.2, 0) is 4.79 Å². The fraction of sp³-hybridized carbons (Fsp3) is 0.222. The van der Waals surface area contributed by atoms with Crippen LogP contribution in [0.15, 0.2) is 54.6 Å². The van der Waals surface area contributed by atoms with Gasteiger partial charge in [-0.15, -0.1) is 0 Å². The Morgan fingerprint density at radius 3 is 2.55 bits per heavy atom. The molecule has 1 saturated carbocycles. The summed E-state index contributed by atoms with van der Waals surface area (Å²) in [7, 11) is 0. The van der Waals surface area contributed by atoms with E-state index in [-0.39, 0.29) is 17.9 Å². The highest BCUT2D eigenvalue weighted by atomic mass is 16.2. The Kier molecular flexibility index (Phi) is 3.15. The van der Waals surface area contributed by atoms with Gasteiger partial charge >= 0.3 is 0 Å². The van der Waals surface area contributed by atoms with E-state index < -0.39 is 0 Å². The Morgan fingerprint density at radius 2 is 1.82 bits per heavy atom. The van der Waals surface area contributed by atoms with Gasteiger partial charge in [-0.25, -0.2) is 4.98 Å². The lowest BCUT2D eigenvalue weighted by molar-refractivity contribution is -0.122. The Hall–Kier alpha value is -2.62. The van der Waals surface area contributed by atoms with Crippen molar-refractivity contribution in [3.8, 4) is 0 Å². The summed E-state index contributed by atoms with van der Waals surface area (Å²) in [6.45, 7) is 0. The Labute approximate surface area is 128 Å². The SMILES string of the molecule is O=C(NC(c1ccccc1)c1nc2ccccc2[nH]1)C1CC1. The van der Waals surface area contributed by atoms with Gasteiger partial charge in [-0.3, -0.25) is 4.79 Å². The van der Waals surface area contributed by atoms with E-state index in [1.165, 1.54) is 0 Å². The second-order valence-electron chi connectivity index (χ2n) is 5.77. The van der Waals surface area contributed by atoms with Crippen molar-refractivity contribution in [2.24, 2.45) is 5.92 Å². The molecule has 0 spiro atoms. The van der Waals surface area contributed by atoms with Gasteiger partial charge < -0.3 is 10.3 Å². The quantitative estimate of drug-likeness (QED) is 0.775. The molecule has 1 fully saturated rings. The van der Waals surface area contributed by atoms with Crippen LogP contribution in [0.2, 0.25) is 0 Å². The molecule has 4 nitrogen and oxygen atoms in total. The maximum absolute atomic E-state index is 12.2. The number of carbonyl (C=O) groups is 1. The topological polar surface area (TPSA) is 57.8 Å². The molecule has 3 aromatic rings. The molecule has 22 heavy (non-hydrogen) atoms. The molecule has 1 unspecified atom stereocenters. The molecular weight excluding hydrogens is 274 g/mol. The molecule has 110 valence electrons. The first kappa shape index (κ1) is 13.1. The number of nitrogens with one attached hydrogen (secondary N) is 2. The first-order chi connectivity index (χ1) is 10.8. The zero-order chi connectivity index (χ0) is 14.9. The molecule has 1 amide bonds.